The number of likely N-dealkylation sites (N-methyl/N-ethyl adjacent to an activating group) is 1. The zero-order chi connectivity index (χ0) is 19.6. The number of nitrogens with zero attached hydrogens (tertiary/aromatic N) is 3. The highest BCUT2D eigenvalue weighted by Crippen LogP contribution is 2.34. The quantitative estimate of drug-likeness (QED) is 0.505. The normalized spacial score (nSPS) is 11.1. The van der Waals surface area contributed by atoms with Gasteiger partial charge >= 0.3 is 0 Å². The molecule has 140 valence electrons. The molecule has 0 saturated heterocycles. The summed E-state index contributed by atoms with van der Waals surface area (Å²) in [6.07, 6.45) is 0. The van der Waals surface area contributed by atoms with Crippen molar-refractivity contribution in [1.82, 2.24) is 4.98 Å². The van der Waals surface area contributed by atoms with Crippen molar-refractivity contribution in [2.45, 2.75) is 0 Å². The van der Waals surface area contributed by atoms with Gasteiger partial charge in [-0.2, -0.15) is 0 Å². The van der Waals surface area contributed by atoms with Crippen molar-refractivity contribution in [2.24, 2.45) is 0 Å². The molecule has 0 radical (unpaired) electrons. The molecule has 0 spiro atoms. The first-order chi connectivity index (χ1) is 12.9. The first-order valence-electron chi connectivity index (χ1n) is 8.28. The topological polar surface area (TPSA) is 80.8 Å². The number of hydrogen-bond acceptors (Lipinski definition) is 5. The highest BCUT2D eigenvalue weighted by atomic mass is 35.5. The molecule has 1 amide bonds. The van der Waals surface area contributed by atoms with Crippen LogP contribution >= 0.6 is 22.9 Å². The molecule has 0 atom stereocenters. The smallest absolute Gasteiger partial charge is 0.282 e. The van der Waals surface area contributed by atoms with Crippen LogP contribution in [0.5, 0.6) is 0 Å². The third kappa shape index (κ3) is 4.08. The first-order valence-corrected chi connectivity index (χ1v) is 9.47. The summed E-state index contributed by atoms with van der Waals surface area (Å²) >= 11 is 7.55. The number of benzene rings is 2. The fourth-order valence-corrected chi connectivity index (χ4v) is 3.89. The number of carbonyl (C=O) groups is 1. The molecule has 0 saturated carbocycles. The maximum absolute atomic E-state index is 13.2. The van der Waals surface area contributed by atoms with Crippen molar-refractivity contribution < 1.29 is 14.6 Å². The largest absolute Gasteiger partial charge is 0.338 e. The van der Waals surface area contributed by atoms with Gasteiger partial charge in [-0.15, -0.1) is 0 Å². The maximum Gasteiger partial charge on any atom is 0.282 e. The number of nitrogens with one attached hydrogen (secondary N) is 1. The van der Waals surface area contributed by atoms with Crippen LogP contribution in [-0.2, 0) is 0 Å². The zero-order valence-corrected chi connectivity index (χ0v) is 16.4. The van der Waals surface area contributed by atoms with Crippen LogP contribution < -0.4 is 9.80 Å². The Kier molecular flexibility index (Phi) is 5.69. The van der Waals surface area contributed by atoms with E-state index in [9.17, 15) is 14.9 Å². The molecule has 9 heteroatoms. The summed E-state index contributed by atoms with van der Waals surface area (Å²) in [5.41, 5.74) is 0.446. The Morgan fingerprint density at radius 2 is 2.00 bits per heavy atom. The van der Waals surface area contributed by atoms with Gasteiger partial charge < -0.3 is 4.90 Å². The van der Waals surface area contributed by atoms with Crippen LogP contribution in [0.15, 0.2) is 42.5 Å². The monoisotopic (exact) mass is 405 g/mol. The minimum atomic E-state index is -0.544. The molecule has 0 bridgehead atoms. The van der Waals surface area contributed by atoms with Crippen LogP contribution in [0.1, 0.15) is 10.4 Å². The molecule has 27 heavy (non-hydrogen) atoms. The molecule has 2 aromatic carbocycles. The molecular weight excluding hydrogens is 388 g/mol. The van der Waals surface area contributed by atoms with Crippen molar-refractivity contribution in [2.75, 3.05) is 32.1 Å². The predicted octanol–water partition coefficient (Wildman–Crippen LogP) is 2.65. The SMILES string of the molecule is C[NH+](C)CCN(C(=O)c1ccccc1[N+](=O)[O-])c1nc2c(Cl)cccc2s1. The van der Waals surface area contributed by atoms with Gasteiger partial charge in [-0.1, -0.05) is 41.1 Å². The van der Waals surface area contributed by atoms with Gasteiger partial charge in [0, 0.05) is 6.07 Å². The van der Waals surface area contributed by atoms with Gasteiger partial charge in [-0.3, -0.25) is 19.8 Å². The summed E-state index contributed by atoms with van der Waals surface area (Å²) in [5, 5.41) is 12.3. The second-order valence-corrected chi connectivity index (χ2v) is 7.69. The average Bonchev–Trinajstić information content (AvgIpc) is 3.06. The standard InChI is InChI=1S/C18H17ClN4O3S/c1-21(2)10-11-22(17(24)12-6-3-4-8-14(12)23(25)26)18-20-16-13(19)7-5-9-15(16)27-18/h3-9H,10-11H2,1-2H3/p+1. The number of quaternary nitrogens is 1. The van der Waals surface area contributed by atoms with E-state index in [2.05, 4.69) is 4.98 Å². The molecule has 0 aliphatic carbocycles. The molecule has 0 fully saturated rings. The number of para-hydroxylation sites is 2. The van der Waals surface area contributed by atoms with Gasteiger partial charge in [0.2, 0.25) is 0 Å². The molecule has 3 rings (SSSR count). The summed E-state index contributed by atoms with van der Waals surface area (Å²) in [6.45, 7) is 1.04. The highest BCUT2D eigenvalue weighted by Gasteiger charge is 2.28. The fraction of sp³-hybridized carbons (Fsp3) is 0.222. The third-order valence-corrected chi connectivity index (χ3v) is 5.35. The van der Waals surface area contributed by atoms with Crippen molar-refractivity contribution in [1.29, 1.82) is 0 Å². The Hall–Kier alpha value is -2.55. The van der Waals surface area contributed by atoms with E-state index in [-0.39, 0.29) is 11.3 Å². The number of carbonyl (C=O) groups excluding carboxylic acids is 1. The Morgan fingerprint density at radius 3 is 2.67 bits per heavy atom. The lowest BCUT2D eigenvalue weighted by Gasteiger charge is -2.20. The summed E-state index contributed by atoms with van der Waals surface area (Å²) in [6, 6.07) is 11.4. The Balaban J connectivity index is 2.06. The lowest BCUT2D eigenvalue weighted by atomic mass is 10.1. The number of aromatic nitrogens is 1. The molecule has 1 N–H and O–H groups in total. The van der Waals surface area contributed by atoms with Crippen LogP contribution in [0, 0.1) is 10.1 Å². The van der Waals surface area contributed by atoms with E-state index in [1.807, 2.05) is 26.2 Å². The number of nitro benzene ring substituents is 1. The molecule has 0 unspecified atom stereocenters. The number of halogens is 1. The van der Waals surface area contributed by atoms with E-state index >= 15 is 0 Å². The lowest BCUT2D eigenvalue weighted by Crippen LogP contribution is -3.06. The number of anilines is 1. The minimum absolute atomic E-state index is 0.0432. The molecule has 3 aromatic rings. The Labute approximate surface area is 164 Å². The third-order valence-electron chi connectivity index (χ3n) is 4.00. The molecule has 0 aliphatic rings. The van der Waals surface area contributed by atoms with Gasteiger partial charge in [-0.25, -0.2) is 4.98 Å². The van der Waals surface area contributed by atoms with Crippen LogP contribution in [0.25, 0.3) is 10.2 Å². The van der Waals surface area contributed by atoms with Crippen molar-refractivity contribution >= 4 is 49.9 Å². The van der Waals surface area contributed by atoms with E-state index in [1.54, 1.807) is 18.2 Å². The number of fused-ring (bicyclic) bond motifs is 1. The van der Waals surface area contributed by atoms with E-state index < -0.39 is 10.8 Å². The number of amides is 1. The van der Waals surface area contributed by atoms with Gasteiger partial charge in [0.1, 0.15) is 11.1 Å². The van der Waals surface area contributed by atoms with Crippen LogP contribution in [-0.4, -0.2) is 43.0 Å². The summed E-state index contributed by atoms with van der Waals surface area (Å²) in [4.78, 5) is 31.2. The summed E-state index contributed by atoms with van der Waals surface area (Å²) in [7, 11) is 3.95. The minimum Gasteiger partial charge on any atom is -0.338 e. The number of nitro groups is 1. The number of hydrogen-bond donors (Lipinski definition) is 1. The van der Waals surface area contributed by atoms with Crippen LogP contribution in [0.4, 0.5) is 10.8 Å². The van der Waals surface area contributed by atoms with Gasteiger partial charge in [0.25, 0.3) is 11.6 Å². The number of rotatable bonds is 6. The van der Waals surface area contributed by atoms with E-state index in [1.165, 1.54) is 28.4 Å². The van der Waals surface area contributed by atoms with Gasteiger partial charge in [0.05, 0.1) is 41.8 Å². The first kappa shape index (κ1) is 19.2. The summed E-state index contributed by atoms with van der Waals surface area (Å²) in [5.74, 6) is -0.446. The van der Waals surface area contributed by atoms with Gasteiger partial charge in [-0.05, 0) is 18.2 Å². The molecule has 0 aliphatic heterocycles. The zero-order valence-electron chi connectivity index (χ0n) is 14.8. The van der Waals surface area contributed by atoms with Crippen molar-refractivity contribution in [3.8, 4) is 0 Å². The van der Waals surface area contributed by atoms with Crippen LogP contribution in [0.2, 0.25) is 5.02 Å². The molecule has 1 aromatic heterocycles. The maximum atomic E-state index is 13.2. The Morgan fingerprint density at radius 1 is 1.26 bits per heavy atom. The van der Waals surface area contributed by atoms with Crippen molar-refractivity contribution in [3.05, 3.63) is 63.2 Å². The molecule has 1 heterocycles. The predicted molar refractivity (Wildman–Crippen MR) is 107 cm³/mol. The van der Waals surface area contributed by atoms with E-state index in [4.69, 9.17) is 11.6 Å². The average molecular weight is 406 g/mol. The highest BCUT2D eigenvalue weighted by molar-refractivity contribution is 7.22. The second-order valence-electron chi connectivity index (χ2n) is 6.27. The van der Waals surface area contributed by atoms with Crippen LogP contribution in [0.3, 0.4) is 0 Å². The second kappa shape index (κ2) is 7.99. The number of thiazole rings is 1. The Bertz CT molecular complexity index is 1010. The fourth-order valence-electron chi connectivity index (χ4n) is 2.60. The molecule has 7 nitrogen and oxygen atoms in total. The van der Waals surface area contributed by atoms with E-state index in [0.717, 1.165) is 9.60 Å². The van der Waals surface area contributed by atoms with E-state index in [0.29, 0.717) is 28.8 Å². The lowest BCUT2D eigenvalue weighted by molar-refractivity contribution is -0.856. The van der Waals surface area contributed by atoms with Crippen molar-refractivity contribution in [3.63, 3.8) is 0 Å². The molecular formula is C18H18ClN4O3S+. The van der Waals surface area contributed by atoms with Gasteiger partial charge in [0.15, 0.2) is 5.13 Å². The summed E-state index contributed by atoms with van der Waals surface area (Å²) < 4.78 is 0.857.